The van der Waals surface area contributed by atoms with Gasteiger partial charge in [-0.25, -0.2) is 47.7 Å². The Labute approximate surface area is 543 Å². The van der Waals surface area contributed by atoms with Crippen LogP contribution in [0.5, 0.6) is 0 Å². The van der Waals surface area contributed by atoms with Gasteiger partial charge in [-0.2, -0.15) is 31.9 Å². The average Bonchev–Trinajstić information content (AvgIpc) is 1.60. The summed E-state index contributed by atoms with van der Waals surface area (Å²) in [5, 5.41) is 44.3. The Morgan fingerprint density at radius 1 is 0.556 bits per heavy atom. The highest BCUT2D eigenvalue weighted by Crippen LogP contribution is 2.68. The minimum atomic E-state index is -6.44. The molecule has 0 amide bonds. The number of halogens is 2. The number of nitrogens with zero attached hydrogens (tertiary/aromatic N) is 13. The van der Waals surface area contributed by atoms with Crippen molar-refractivity contribution < 1.29 is 141 Å². The second kappa shape index (κ2) is 26.4. The number of aliphatic hydroxyl groups is 4. The van der Waals surface area contributed by atoms with E-state index in [-0.39, 0.29) is 50.8 Å². The van der Waals surface area contributed by atoms with Crippen LogP contribution in [0.1, 0.15) is 24.9 Å². The summed E-state index contributed by atoms with van der Waals surface area (Å²) in [6, 6.07) is 0. The van der Waals surface area contributed by atoms with E-state index in [0.29, 0.717) is 4.57 Å². The van der Waals surface area contributed by atoms with Gasteiger partial charge in [0.15, 0.2) is 64.9 Å². The van der Waals surface area contributed by atoms with Gasteiger partial charge in [-0.05, 0) is 0 Å². The lowest BCUT2D eigenvalue weighted by molar-refractivity contribution is -0.756. The molecule has 4 aliphatic heterocycles. The van der Waals surface area contributed by atoms with E-state index in [9.17, 15) is 82.1 Å². The number of phosphoric acid groups is 5. The molecule has 0 spiro atoms. The molecular formula is C42H54F2N20O30P5+. The number of rotatable bonds is 25. The third-order valence-corrected chi connectivity index (χ3v) is 21.5. The van der Waals surface area contributed by atoms with Gasteiger partial charge in [0, 0.05) is 7.11 Å². The zero-order valence-electron chi connectivity index (χ0n) is 49.6. The first-order chi connectivity index (χ1) is 46.4. The second-order valence-corrected chi connectivity index (χ2v) is 29.2. The molecule has 0 bridgehead atoms. The number of nitrogens with one attached hydrogen (secondary N) is 3. The van der Waals surface area contributed by atoms with E-state index in [4.69, 9.17) is 69.2 Å². The maximum atomic E-state index is 15.6. The number of nitrogen functional groups attached to an aromatic ring is 4. The number of aliphatic hydroxyl groups excluding tert-OH is 4. The van der Waals surface area contributed by atoms with Crippen molar-refractivity contribution in [1.29, 1.82) is 0 Å². The first-order valence-electron chi connectivity index (χ1n) is 27.8. The van der Waals surface area contributed by atoms with Crippen molar-refractivity contribution in [2.45, 2.75) is 98.0 Å². The minimum absolute atomic E-state index is 0.0562. The van der Waals surface area contributed by atoms with E-state index >= 15 is 8.78 Å². The Bertz CT molecular complexity index is 4890. The molecule has 20 N–H and O–H groups in total. The monoisotopic (exact) mass is 1510 g/mol. The van der Waals surface area contributed by atoms with Crippen LogP contribution in [0.15, 0.2) is 46.0 Å². The van der Waals surface area contributed by atoms with Gasteiger partial charge in [-0.1, -0.05) is 4.98 Å². The molecule has 0 saturated carbocycles. The lowest BCUT2D eigenvalue weighted by Gasteiger charge is -2.27. The number of aryl methyl sites for hydroxylation is 1. The molecule has 0 radical (unpaired) electrons. The molecule has 540 valence electrons. The van der Waals surface area contributed by atoms with Gasteiger partial charge >= 0.3 is 50.7 Å². The first-order valence-corrected chi connectivity index (χ1v) is 35.2. The Morgan fingerprint density at radius 3 is 1.60 bits per heavy atom. The first kappa shape index (κ1) is 71.7. The summed E-state index contributed by atoms with van der Waals surface area (Å²) in [7, 11) is -28.0. The fourth-order valence-electron chi connectivity index (χ4n) is 11.0. The molecule has 12 heterocycles. The smallest absolute Gasteiger partial charge is 0.387 e. The second-order valence-electron chi connectivity index (χ2n) is 21.7. The number of aromatic amines is 3. The molecule has 4 aliphatic rings. The standard InChI is InChI=1S/C42H53F2N20O30P5/c1-60-11-64(31-19(60)34(71)59-41(48)56-31)38-42(43,44)26(68)15(90-38)6-86-98(78,79)94-99(80,81)93-97(76,77)85-5-14-24(25(82-2)37(89-14)61-8-51-16-27(45)49-7-50-28(16)61)92-96(74,75)84-4-13-23(22(67)36(88-13)63-10-53-18-30(63)55-40(47)58-33(18)70)91-95(72,73)83-3-12-20(65)21(66)35(87-12)62-9-52-17-29(62)54-39(46)57-32(17)69/h7-15,20-26,35-38,65-68H,3-6H2,1-2H3,(H15-,45,46,47,48,49,50,54,55,56,57,58,59,69,70,71,72,73,74,75,76,77,78,79,80,81)/p+1. The molecule has 12 rings (SSSR count). The summed E-state index contributed by atoms with van der Waals surface area (Å²) in [5.41, 5.74) is 18.4. The molecule has 50 nitrogen and oxygen atoms in total. The van der Waals surface area contributed by atoms with E-state index < -0.39 is 198 Å². The maximum Gasteiger partial charge on any atom is 0.490 e. The molecule has 0 aromatic carbocycles. The molecule has 4 fully saturated rings. The predicted molar refractivity (Wildman–Crippen MR) is 311 cm³/mol. The Balaban J connectivity index is 0.742. The normalized spacial score (nSPS) is 30.3. The molecule has 4 saturated heterocycles. The Morgan fingerprint density at radius 2 is 1.02 bits per heavy atom. The number of alkyl halides is 2. The van der Waals surface area contributed by atoms with Crippen LogP contribution in [0.2, 0.25) is 0 Å². The lowest BCUT2D eigenvalue weighted by atomic mass is 10.1. The highest BCUT2D eigenvalue weighted by Gasteiger charge is 2.63. The highest BCUT2D eigenvalue weighted by molar-refractivity contribution is 7.66. The van der Waals surface area contributed by atoms with Crippen molar-refractivity contribution >= 4 is 107 Å². The zero-order chi connectivity index (χ0) is 71.5. The SMILES string of the molecule is COC1C(OP(=O)(O)OCC2OC(n3cnc4c(=O)[nH]c(N)nc43)C(O)C2OP(=O)(O)OCC2OC(n3cnc4c(=O)[nH]c(N)nc43)C(O)C2O)C(COP(=O)(O)OP(=O)(O)OP(=O)(O)OCC2OC([n+]3cn(C)c4c(=O)[nH]c(N)nc43)C(F)(F)C2O)OC1n1cnc2c(N)ncnc21. The van der Waals surface area contributed by atoms with Crippen molar-refractivity contribution in [3.8, 4) is 0 Å². The van der Waals surface area contributed by atoms with Gasteiger partial charge in [-0.3, -0.25) is 74.7 Å². The van der Waals surface area contributed by atoms with Crippen LogP contribution < -0.4 is 44.2 Å². The summed E-state index contributed by atoms with van der Waals surface area (Å²) in [4.78, 5) is 130. The molecule has 8 aromatic heterocycles. The minimum Gasteiger partial charge on any atom is -0.387 e. The lowest BCUT2D eigenvalue weighted by Crippen LogP contribution is -2.50. The van der Waals surface area contributed by atoms with Crippen LogP contribution in [0.25, 0.3) is 44.7 Å². The molecule has 20 unspecified atom stereocenters. The molecule has 8 aromatic rings. The van der Waals surface area contributed by atoms with Crippen LogP contribution in [-0.4, -0.2) is 225 Å². The van der Waals surface area contributed by atoms with Gasteiger partial charge in [0.05, 0.1) is 52.5 Å². The van der Waals surface area contributed by atoms with Crippen LogP contribution in [0.3, 0.4) is 0 Å². The van der Waals surface area contributed by atoms with Crippen molar-refractivity contribution in [2.24, 2.45) is 7.05 Å². The van der Waals surface area contributed by atoms with Crippen LogP contribution in [-0.2, 0) is 89.3 Å². The summed E-state index contributed by atoms with van der Waals surface area (Å²) in [5.74, 6) is -5.81. The van der Waals surface area contributed by atoms with Crippen LogP contribution in [0, 0.1) is 0 Å². The van der Waals surface area contributed by atoms with Gasteiger partial charge < -0.3 is 91.5 Å². The number of methoxy groups -OCH3 is 1. The number of H-pyrrole nitrogens is 3. The number of hydrogen-bond donors (Lipinski definition) is 16. The van der Waals surface area contributed by atoms with Crippen molar-refractivity contribution in [1.82, 2.24) is 73.1 Å². The largest absolute Gasteiger partial charge is 0.490 e. The van der Waals surface area contributed by atoms with E-state index in [2.05, 4.69) is 68.0 Å². The highest BCUT2D eigenvalue weighted by atomic mass is 31.3. The molecule has 20 atom stereocenters. The topological polar surface area (TPSA) is 717 Å². The summed E-state index contributed by atoms with van der Waals surface area (Å²) in [6.45, 7) is -5.39. The third kappa shape index (κ3) is 14.1. The quantitative estimate of drug-likeness (QED) is 0.0188. The van der Waals surface area contributed by atoms with Gasteiger partial charge in [0.25, 0.3) is 28.9 Å². The van der Waals surface area contributed by atoms with Crippen molar-refractivity contribution in [2.75, 3.05) is 56.5 Å². The predicted octanol–water partition coefficient (Wildman–Crippen LogP) is -4.96. The van der Waals surface area contributed by atoms with Gasteiger partial charge in [0.1, 0.15) is 72.9 Å². The van der Waals surface area contributed by atoms with E-state index in [0.717, 1.165) is 57.0 Å². The van der Waals surface area contributed by atoms with E-state index in [1.165, 1.54) is 7.05 Å². The molecular weight excluding hydrogens is 1460 g/mol. The number of imidazole rings is 4. The average molecular weight is 1510 g/mol. The Kier molecular flexibility index (Phi) is 19.1. The van der Waals surface area contributed by atoms with Crippen molar-refractivity contribution in [3.05, 3.63) is 62.7 Å². The summed E-state index contributed by atoms with van der Waals surface area (Å²) in [6.07, 6.45) is -25.7. The number of aromatic nitrogens is 16. The third-order valence-electron chi connectivity index (χ3n) is 15.3. The number of fused-ring (bicyclic) bond motifs is 4. The van der Waals surface area contributed by atoms with Crippen molar-refractivity contribution in [3.63, 3.8) is 0 Å². The number of nitrogens with two attached hydrogens (primary N) is 4. The fraction of sp³-hybridized carbons (Fsp3) is 0.524. The van der Waals surface area contributed by atoms with Crippen LogP contribution >= 0.6 is 39.1 Å². The number of hydrogen-bond acceptors (Lipinski definition) is 37. The molecule has 99 heavy (non-hydrogen) atoms. The molecule has 0 aliphatic carbocycles. The maximum absolute atomic E-state index is 15.6. The number of phosphoric ester groups is 4. The Hall–Kier alpha value is -7.07. The van der Waals surface area contributed by atoms with E-state index in [1.807, 2.05) is 0 Å². The van der Waals surface area contributed by atoms with Crippen LogP contribution in [0.4, 0.5) is 32.4 Å². The van der Waals surface area contributed by atoms with Gasteiger partial charge in [0.2, 0.25) is 17.4 Å². The fourth-order valence-corrected chi connectivity index (χ4v) is 16.4. The zero-order valence-corrected chi connectivity index (χ0v) is 54.1. The summed E-state index contributed by atoms with van der Waals surface area (Å²) < 4.78 is 171. The van der Waals surface area contributed by atoms with Gasteiger partial charge in [-0.15, -0.1) is 0 Å². The van der Waals surface area contributed by atoms with E-state index in [1.54, 1.807) is 0 Å². The number of ether oxygens (including phenoxy) is 5. The molecule has 57 heteroatoms. The summed E-state index contributed by atoms with van der Waals surface area (Å²) >= 11 is 0. The number of anilines is 4.